The largest absolute Gasteiger partial charge is 0.493 e. The molecule has 1 unspecified atom stereocenters. The zero-order valence-corrected chi connectivity index (χ0v) is 20.6. The Morgan fingerprint density at radius 2 is 1.94 bits per heavy atom. The first-order chi connectivity index (χ1) is 17.0. The molecule has 3 aromatic rings. The number of ether oxygens (including phenoxy) is 3. The molecule has 35 heavy (non-hydrogen) atoms. The molecule has 0 bridgehead atoms. The average Bonchev–Trinajstić information content (AvgIpc) is 3.41. The predicted octanol–water partition coefficient (Wildman–Crippen LogP) is 4.52. The predicted molar refractivity (Wildman–Crippen MR) is 134 cm³/mol. The first kappa shape index (κ1) is 24.5. The average molecular weight is 498 g/mol. The van der Waals surface area contributed by atoms with E-state index in [0.717, 1.165) is 16.0 Å². The number of benzene rings is 2. The van der Waals surface area contributed by atoms with Crippen molar-refractivity contribution in [2.45, 2.75) is 12.5 Å². The molecule has 1 aromatic heterocycles. The fourth-order valence-corrected chi connectivity index (χ4v) is 5.19. The molecule has 0 radical (unpaired) electrons. The van der Waals surface area contributed by atoms with Crippen molar-refractivity contribution in [2.24, 2.45) is 0 Å². The van der Waals surface area contributed by atoms with E-state index in [0.29, 0.717) is 43.3 Å². The van der Waals surface area contributed by atoms with Crippen molar-refractivity contribution in [1.29, 1.82) is 0 Å². The highest BCUT2D eigenvalue weighted by atomic mass is 32.1. The SMILES string of the molecule is COCCNc1ccc(C(=O)N2CCc3cc(OC)c(OC)cc3C2c2cccs2)cc1[N+](=O)[O-]. The van der Waals surface area contributed by atoms with E-state index in [-0.39, 0.29) is 23.2 Å². The number of nitrogens with zero attached hydrogens (tertiary/aromatic N) is 2. The molecule has 0 spiro atoms. The Morgan fingerprint density at radius 1 is 1.17 bits per heavy atom. The van der Waals surface area contributed by atoms with E-state index >= 15 is 0 Å². The highest BCUT2D eigenvalue weighted by Crippen LogP contribution is 2.43. The summed E-state index contributed by atoms with van der Waals surface area (Å²) in [7, 11) is 4.74. The summed E-state index contributed by atoms with van der Waals surface area (Å²) in [5.74, 6) is 0.961. The number of anilines is 1. The summed E-state index contributed by atoms with van der Waals surface area (Å²) in [4.78, 5) is 27.8. The van der Waals surface area contributed by atoms with Gasteiger partial charge in [-0.3, -0.25) is 14.9 Å². The van der Waals surface area contributed by atoms with Crippen molar-refractivity contribution in [1.82, 2.24) is 4.90 Å². The molecule has 2 aromatic carbocycles. The first-order valence-electron chi connectivity index (χ1n) is 11.1. The number of nitro groups is 1. The molecular formula is C25H27N3O6S. The Hall–Kier alpha value is -3.63. The van der Waals surface area contributed by atoms with Crippen LogP contribution in [0.2, 0.25) is 0 Å². The minimum atomic E-state index is -0.481. The van der Waals surface area contributed by atoms with Gasteiger partial charge in [0.1, 0.15) is 5.69 Å². The van der Waals surface area contributed by atoms with Gasteiger partial charge in [-0.2, -0.15) is 0 Å². The molecule has 184 valence electrons. The van der Waals surface area contributed by atoms with Gasteiger partial charge < -0.3 is 24.4 Å². The van der Waals surface area contributed by atoms with Crippen molar-refractivity contribution < 1.29 is 23.9 Å². The number of thiophene rings is 1. The summed E-state index contributed by atoms with van der Waals surface area (Å²) < 4.78 is 16.0. The maximum atomic E-state index is 13.8. The van der Waals surface area contributed by atoms with E-state index in [9.17, 15) is 14.9 Å². The normalized spacial score (nSPS) is 14.8. The van der Waals surface area contributed by atoms with Crippen LogP contribution in [0.5, 0.6) is 11.5 Å². The molecule has 0 aliphatic carbocycles. The zero-order valence-electron chi connectivity index (χ0n) is 19.8. The van der Waals surface area contributed by atoms with E-state index in [4.69, 9.17) is 14.2 Å². The van der Waals surface area contributed by atoms with Crippen LogP contribution in [0.3, 0.4) is 0 Å². The van der Waals surface area contributed by atoms with Crippen molar-refractivity contribution >= 4 is 28.6 Å². The number of nitro benzene ring substituents is 1. The highest BCUT2D eigenvalue weighted by Gasteiger charge is 2.35. The lowest BCUT2D eigenvalue weighted by Gasteiger charge is -2.37. The number of carbonyl (C=O) groups is 1. The molecule has 1 atom stereocenters. The fraction of sp³-hybridized carbons (Fsp3) is 0.320. The molecule has 0 saturated carbocycles. The number of hydrogen-bond acceptors (Lipinski definition) is 8. The van der Waals surface area contributed by atoms with Gasteiger partial charge in [-0.25, -0.2) is 0 Å². The van der Waals surface area contributed by atoms with Crippen LogP contribution in [0.4, 0.5) is 11.4 Å². The molecule has 0 fully saturated rings. The van der Waals surface area contributed by atoms with Crippen LogP contribution >= 0.6 is 11.3 Å². The van der Waals surface area contributed by atoms with E-state index in [1.807, 2.05) is 29.6 Å². The van der Waals surface area contributed by atoms with E-state index in [1.54, 1.807) is 49.7 Å². The number of methoxy groups -OCH3 is 3. The second-order valence-corrected chi connectivity index (χ2v) is 8.96. The quantitative estimate of drug-likeness (QED) is 0.263. The van der Waals surface area contributed by atoms with Gasteiger partial charge in [-0.05, 0) is 53.3 Å². The van der Waals surface area contributed by atoms with E-state index in [1.165, 1.54) is 6.07 Å². The molecule has 9 nitrogen and oxygen atoms in total. The molecule has 2 heterocycles. The van der Waals surface area contributed by atoms with Crippen LogP contribution < -0.4 is 14.8 Å². The van der Waals surface area contributed by atoms with Gasteiger partial charge >= 0.3 is 0 Å². The number of nitrogens with one attached hydrogen (secondary N) is 1. The van der Waals surface area contributed by atoms with Crippen LogP contribution in [0.15, 0.2) is 47.8 Å². The molecule has 0 saturated heterocycles. The maximum Gasteiger partial charge on any atom is 0.293 e. The van der Waals surface area contributed by atoms with Gasteiger partial charge in [0.2, 0.25) is 0 Å². The van der Waals surface area contributed by atoms with Crippen molar-refractivity contribution in [3.63, 3.8) is 0 Å². The molecule has 10 heteroatoms. The van der Waals surface area contributed by atoms with Gasteiger partial charge in [0, 0.05) is 36.7 Å². The zero-order chi connectivity index (χ0) is 24.9. The van der Waals surface area contributed by atoms with Gasteiger partial charge in [-0.15, -0.1) is 11.3 Å². The smallest absolute Gasteiger partial charge is 0.293 e. The van der Waals surface area contributed by atoms with Crippen LogP contribution in [0.25, 0.3) is 0 Å². The Balaban J connectivity index is 1.73. The Kier molecular flexibility index (Phi) is 7.52. The molecular weight excluding hydrogens is 470 g/mol. The minimum absolute atomic E-state index is 0.150. The number of amides is 1. The van der Waals surface area contributed by atoms with Crippen LogP contribution in [-0.4, -0.2) is 56.8 Å². The van der Waals surface area contributed by atoms with Crippen molar-refractivity contribution in [2.75, 3.05) is 46.3 Å². The van der Waals surface area contributed by atoms with Gasteiger partial charge in [0.25, 0.3) is 11.6 Å². The lowest BCUT2D eigenvalue weighted by molar-refractivity contribution is -0.384. The molecule has 4 rings (SSSR count). The molecule has 1 aliphatic heterocycles. The van der Waals surface area contributed by atoms with Gasteiger partial charge in [0.05, 0.1) is 31.8 Å². The summed E-state index contributed by atoms with van der Waals surface area (Å²) in [6, 6.07) is 12.0. The molecule has 1 amide bonds. The number of fused-ring (bicyclic) bond motifs is 1. The number of hydrogen-bond donors (Lipinski definition) is 1. The van der Waals surface area contributed by atoms with Crippen LogP contribution in [-0.2, 0) is 11.2 Å². The second-order valence-electron chi connectivity index (χ2n) is 7.98. The summed E-state index contributed by atoms with van der Waals surface area (Å²) in [5.41, 5.74) is 2.49. The molecule has 1 aliphatic rings. The lowest BCUT2D eigenvalue weighted by atomic mass is 9.90. The fourth-order valence-electron chi connectivity index (χ4n) is 4.34. The second kappa shape index (κ2) is 10.7. The third kappa shape index (κ3) is 4.94. The minimum Gasteiger partial charge on any atom is -0.493 e. The summed E-state index contributed by atoms with van der Waals surface area (Å²) in [5, 5.41) is 16.7. The Bertz CT molecular complexity index is 1210. The van der Waals surface area contributed by atoms with Crippen LogP contribution in [0, 0.1) is 10.1 Å². The summed E-state index contributed by atoms with van der Waals surface area (Å²) >= 11 is 1.56. The van der Waals surface area contributed by atoms with Gasteiger partial charge in [0.15, 0.2) is 11.5 Å². The standard InChI is InChI=1S/C25H27N3O6S/c1-32-11-9-26-19-7-6-17(13-20(19)28(30)31)25(29)27-10-8-16-14-21(33-2)22(34-3)15-18(16)24(27)23-5-4-12-35-23/h4-7,12-15,24,26H,8-11H2,1-3H3. The topological polar surface area (TPSA) is 103 Å². The van der Waals surface area contributed by atoms with E-state index in [2.05, 4.69) is 5.32 Å². The lowest BCUT2D eigenvalue weighted by Crippen LogP contribution is -2.40. The Morgan fingerprint density at radius 3 is 2.60 bits per heavy atom. The summed E-state index contributed by atoms with van der Waals surface area (Å²) in [6.45, 7) is 1.28. The summed E-state index contributed by atoms with van der Waals surface area (Å²) in [6.07, 6.45) is 0.627. The van der Waals surface area contributed by atoms with Gasteiger partial charge in [-0.1, -0.05) is 6.07 Å². The maximum absolute atomic E-state index is 13.8. The highest BCUT2D eigenvalue weighted by molar-refractivity contribution is 7.10. The van der Waals surface area contributed by atoms with Crippen molar-refractivity contribution in [3.8, 4) is 11.5 Å². The number of rotatable bonds is 9. The monoisotopic (exact) mass is 497 g/mol. The number of carbonyl (C=O) groups excluding carboxylic acids is 1. The third-order valence-corrected chi connectivity index (χ3v) is 6.93. The van der Waals surface area contributed by atoms with E-state index < -0.39 is 4.92 Å². The molecule has 1 N–H and O–H groups in total. The van der Waals surface area contributed by atoms with Crippen LogP contribution in [0.1, 0.15) is 32.4 Å². The first-order valence-corrected chi connectivity index (χ1v) is 12.0. The van der Waals surface area contributed by atoms with Crippen molar-refractivity contribution in [3.05, 3.63) is 79.5 Å². The third-order valence-electron chi connectivity index (χ3n) is 6.01. The Labute approximate surface area is 207 Å².